The van der Waals surface area contributed by atoms with E-state index in [1.165, 1.54) is 32.2 Å². The van der Waals surface area contributed by atoms with Crippen molar-refractivity contribution in [3.8, 4) is 0 Å². The maximum Gasteiger partial charge on any atom is 0.0710 e. The lowest BCUT2D eigenvalue weighted by Gasteiger charge is -2.48. The van der Waals surface area contributed by atoms with E-state index in [1.807, 2.05) is 0 Å². The van der Waals surface area contributed by atoms with Crippen LogP contribution in [0.15, 0.2) is 0 Å². The Labute approximate surface area is 100 Å². The molecule has 2 fully saturated rings. The first kappa shape index (κ1) is 12.4. The lowest BCUT2D eigenvalue weighted by molar-refractivity contribution is -0.0802. The smallest absolute Gasteiger partial charge is 0.0710 e. The van der Waals surface area contributed by atoms with Crippen LogP contribution >= 0.6 is 0 Å². The van der Waals surface area contributed by atoms with Crippen molar-refractivity contribution >= 4 is 0 Å². The summed E-state index contributed by atoms with van der Waals surface area (Å²) in [6, 6.07) is 1.39. The number of rotatable bonds is 2. The van der Waals surface area contributed by atoms with Gasteiger partial charge in [-0.15, -0.1) is 0 Å². The average molecular weight is 225 g/mol. The van der Waals surface area contributed by atoms with Crippen LogP contribution in [0.1, 0.15) is 53.4 Å². The molecule has 0 aromatic heterocycles. The van der Waals surface area contributed by atoms with Crippen LogP contribution in [0.3, 0.4) is 0 Å². The molecular weight excluding hydrogens is 198 g/mol. The van der Waals surface area contributed by atoms with Crippen molar-refractivity contribution < 1.29 is 4.74 Å². The molecule has 2 aliphatic rings. The number of piperidine rings is 1. The predicted octanol–water partition coefficient (Wildman–Crippen LogP) is 3.06. The van der Waals surface area contributed by atoms with E-state index in [1.54, 1.807) is 0 Å². The first-order valence-electron chi connectivity index (χ1n) is 6.94. The molecule has 0 aromatic rings. The highest BCUT2D eigenvalue weighted by Gasteiger charge is 2.44. The number of hydrogen-bond acceptors (Lipinski definition) is 2. The molecule has 94 valence electrons. The zero-order valence-electron chi connectivity index (χ0n) is 11.3. The molecule has 0 radical (unpaired) electrons. The second kappa shape index (κ2) is 4.66. The lowest BCUT2D eigenvalue weighted by atomic mass is 9.80. The van der Waals surface area contributed by atoms with Crippen molar-refractivity contribution in [3.05, 3.63) is 0 Å². The number of likely N-dealkylation sites (tertiary alicyclic amines) is 1. The second-order valence-electron chi connectivity index (χ2n) is 6.23. The molecule has 0 N–H and O–H groups in total. The number of hydrogen-bond donors (Lipinski definition) is 0. The van der Waals surface area contributed by atoms with E-state index in [2.05, 4.69) is 32.6 Å². The van der Waals surface area contributed by atoms with Crippen molar-refractivity contribution in [2.24, 2.45) is 5.92 Å². The van der Waals surface area contributed by atoms with Crippen molar-refractivity contribution in [1.82, 2.24) is 4.90 Å². The Balaban J connectivity index is 2.08. The van der Waals surface area contributed by atoms with Crippen molar-refractivity contribution in [3.63, 3.8) is 0 Å². The Bertz CT molecular complexity index is 231. The van der Waals surface area contributed by atoms with E-state index in [0.29, 0.717) is 12.1 Å². The summed E-state index contributed by atoms with van der Waals surface area (Å²) in [6.45, 7) is 11.6. The Morgan fingerprint density at radius 2 is 1.94 bits per heavy atom. The van der Waals surface area contributed by atoms with Gasteiger partial charge >= 0.3 is 0 Å². The zero-order valence-corrected chi connectivity index (χ0v) is 11.3. The van der Waals surface area contributed by atoms with Gasteiger partial charge in [0.25, 0.3) is 0 Å². The van der Waals surface area contributed by atoms with E-state index in [0.717, 1.165) is 12.5 Å². The standard InChI is InChI=1S/C14H27NO/c1-11(2)13-10-14(6-5-9-16-14)7-8-15(13)12(3)4/h11-13H,5-10H2,1-4H3. The van der Waals surface area contributed by atoms with Gasteiger partial charge in [-0.05, 0) is 45.4 Å². The van der Waals surface area contributed by atoms with Gasteiger partial charge in [0.15, 0.2) is 0 Å². The summed E-state index contributed by atoms with van der Waals surface area (Å²) in [5.41, 5.74) is 0.250. The van der Waals surface area contributed by atoms with E-state index < -0.39 is 0 Å². The Kier molecular flexibility index (Phi) is 3.60. The monoisotopic (exact) mass is 225 g/mol. The topological polar surface area (TPSA) is 12.5 Å². The van der Waals surface area contributed by atoms with E-state index in [9.17, 15) is 0 Å². The minimum Gasteiger partial charge on any atom is -0.375 e. The molecule has 16 heavy (non-hydrogen) atoms. The number of nitrogens with zero attached hydrogens (tertiary/aromatic N) is 1. The second-order valence-corrected chi connectivity index (χ2v) is 6.23. The Hall–Kier alpha value is -0.0800. The van der Waals surface area contributed by atoms with Crippen LogP contribution in [0.2, 0.25) is 0 Å². The van der Waals surface area contributed by atoms with Gasteiger partial charge in [-0.3, -0.25) is 4.90 Å². The maximum absolute atomic E-state index is 6.06. The molecule has 2 heteroatoms. The van der Waals surface area contributed by atoms with Gasteiger partial charge in [0.1, 0.15) is 0 Å². The quantitative estimate of drug-likeness (QED) is 0.716. The van der Waals surface area contributed by atoms with Crippen LogP contribution in [-0.4, -0.2) is 35.7 Å². The summed E-state index contributed by atoms with van der Waals surface area (Å²) < 4.78 is 6.06. The molecule has 2 unspecified atom stereocenters. The minimum atomic E-state index is 0.250. The summed E-state index contributed by atoms with van der Waals surface area (Å²) >= 11 is 0. The van der Waals surface area contributed by atoms with Crippen molar-refractivity contribution in [2.75, 3.05) is 13.2 Å². The first-order chi connectivity index (χ1) is 7.54. The molecule has 2 atom stereocenters. The molecule has 2 rings (SSSR count). The molecule has 2 saturated heterocycles. The highest BCUT2D eigenvalue weighted by atomic mass is 16.5. The summed E-state index contributed by atoms with van der Waals surface area (Å²) in [7, 11) is 0. The van der Waals surface area contributed by atoms with Crippen molar-refractivity contribution in [2.45, 2.75) is 71.1 Å². The van der Waals surface area contributed by atoms with Gasteiger partial charge in [-0.2, -0.15) is 0 Å². The molecule has 0 bridgehead atoms. The molecule has 2 nitrogen and oxygen atoms in total. The van der Waals surface area contributed by atoms with Gasteiger partial charge in [0.2, 0.25) is 0 Å². The largest absolute Gasteiger partial charge is 0.375 e. The fourth-order valence-electron chi connectivity index (χ4n) is 3.47. The molecule has 0 saturated carbocycles. The predicted molar refractivity (Wildman–Crippen MR) is 67.6 cm³/mol. The van der Waals surface area contributed by atoms with E-state index in [-0.39, 0.29) is 5.60 Å². The highest BCUT2D eigenvalue weighted by molar-refractivity contribution is 4.97. The van der Waals surface area contributed by atoms with Crippen LogP contribution in [0.5, 0.6) is 0 Å². The van der Waals surface area contributed by atoms with E-state index in [4.69, 9.17) is 4.74 Å². The number of ether oxygens (including phenoxy) is 1. The summed E-state index contributed by atoms with van der Waals surface area (Å²) in [5, 5.41) is 0. The molecule has 0 aromatic carbocycles. The fourth-order valence-corrected chi connectivity index (χ4v) is 3.47. The highest BCUT2D eigenvalue weighted by Crippen LogP contribution is 2.40. The fraction of sp³-hybridized carbons (Fsp3) is 1.00. The van der Waals surface area contributed by atoms with E-state index >= 15 is 0 Å². The molecule has 0 aliphatic carbocycles. The molecule has 2 aliphatic heterocycles. The average Bonchev–Trinajstić information content (AvgIpc) is 2.66. The molecule has 0 amide bonds. The lowest BCUT2D eigenvalue weighted by Crippen LogP contribution is -2.54. The normalized spacial score (nSPS) is 36.8. The van der Waals surface area contributed by atoms with Crippen LogP contribution in [-0.2, 0) is 4.74 Å². The molecular formula is C14H27NO. The minimum absolute atomic E-state index is 0.250. The first-order valence-corrected chi connectivity index (χ1v) is 6.94. The van der Waals surface area contributed by atoms with Gasteiger partial charge in [0.05, 0.1) is 5.60 Å². The molecule has 2 heterocycles. The van der Waals surface area contributed by atoms with Crippen molar-refractivity contribution in [1.29, 1.82) is 0 Å². The van der Waals surface area contributed by atoms with Crippen LogP contribution in [0.25, 0.3) is 0 Å². The van der Waals surface area contributed by atoms with Crippen LogP contribution in [0, 0.1) is 5.92 Å². The van der Waals surface area contributed by atoms with Gasteiger partial charge in [-0.25, -0.2) is 0 Å². The van der Waals surface area contributed by atoms with Crippen LogP contribution < -0.4 is 0 Å². The molecule has 1 spiro atoms. The Morgan fingerprint density at radius 1 is 1.19 bits per heavy atom. The Morgan fingerprint density at radius 3 is 2.44 bits per heavy atom. The summed E-state index contributed by atoms with van der Waals surface area (Å²) in [5.74, 6) is 0.740. The summed E-state index contributed by atoms with van der Waals surface area (Å²) in [6.07, 6.45) is 5.06. The van der Waals surface area contributed by atoms with Gasteiger partial charge in [-0.1, -0.05) is 13.8 Å². The zero-order chi connectivity index (χ0) is 11.8. The van der Waals surface area contributed by atoms with Crippen LogP contribution in [0.4, 0.5) is 0 Å². The third kappa shape index (κ3) is 2.28. The van der Waals surface area contributed by atoms with Gasteiger partial charge < -0.3 is 4.74 Å². The van der Waals surface area contributed by atoms with Gasteiger partial charge in [0, 0.05) is 25.2 Å². The SMILES string of the molecule is CC(C)C1CC2(CCCO2)CCN1C(C)C. The third-order valence-corrected chi connectivity index (χ3v) is 4.45. The third-order valence-electron chi connectivity index (χ3n) is 4.45. The maximum atomic E-state index is 6.06. The summed E-state index contributed by atoms with van der Waals surface area (Å²) in [4.78, 5) is 2.68.